The van der Waals surface area contributed by atoms with Crippen LogP contribution in [0, 0.1) is 0 Å². The van der Waals surface area contributed by atoms with Crippen LogP contribution in [0.5, 0.6) is 11.5 Å². The van der Waals surface area contributed by atoms with Crippen LogP contribution in [0.2, 0.25) is 0 Å². The SMILES string of the molecule is CCOc1cc(C=O)ccc1OCC1CCCO1. The molecule has 1 unspecified atom stereocenters. The van der Waals surface area contributed by atoms with Crippen molar-refractivity contribution in [2.24, 2.45) is 0 Å². The topological polar surface area (TPSA) is 44.8 Å². The number of ether oxygens (including phenoxy) is 3. The van der Waals surface area contributed by atoms with E-state index in [1.807, 2.05) is 6.92 Å². The highest BCUT2D eigenvalue weighted by molar-refractivity contribution is 5.76. The predicted octanol–water partition coefficient (Wildman–Crippen LogP) is 2.46. The van der Waals surface area contributed by atoms with E-state index in [1.165, 1.54) is 0 Å². The fourth-order valence-electron chi connectivity index (χ4n) is 1.94. The van der Waals surface area contributed by atoms with E-state index in [9.17, 15) is 4.79 Å². The lowest BCUT2D eigenvalue weighted by atomic mass is 10.2. The monoisotopic (exact) mass is 250 g/mol. The Morgan fingerprint density at radius 1 is 1.39 bits per heavy atom. The Labute approximate surface area is 107 Å². The highest BCUT2D eigenvalue weighted by Gasteiger charge is 2.17. The smallest absolute Gasteiger partial charge is 0.161 e. The molecule has 4 nitrogen and oxygen atoms in total. The zero-order valence-corrected chi connectivity index (χ0v) is 10.6. The van der Waals surface area contributed by atoms with E-state index in [0.717, 1.165) is 25.7 Å². The highest BCUT2D eigenvalue weighted by atomic mass is 16.5. The summed E-state index contributed by atoms with van der Waals surface area (Å²) in [5.74, 6) is 1.28. The summed E-state index contributed by atoms with van der Waals surface area (Å²) in [5.41, 5.74) is 0.586. The minimum atomic E-state index is 0.172. The van der Waals surface area contributed by atoms with Crippen molar-refractivity contribution in [2.75, 3.05) is 19.8 Å². The molecule has 0 amide bonds. The molecule has 1 fully saturated rings. The second-order valence-electron chi connectivity index (χ2n) is 4.20. The van der Waals surface area contributed by atoms with Crippen LogP contribution in [0.4, 0.5) is 0 Å². The Balaban J connectivity index is 2.02. The van der Waals surface area contributed by atoms with Gasteiger partial charge >= 0.3 is 0 Å². The minimum Gasteiger partial charge on any atom is -0.490 e. The fourth-order valence-corrected chi connectivity index (χ4v) is 1.94. The van der Waals surface area contributed by atoms with Crippen LogP contribution in [0.3, 0.4) is 0 Å². The number of hydrogen-bond acceptors (Lipinski definition) is 4. The molecule has 18 heavy (non-hydrogen) atoms. The van der Waals surface area contributed by atoms with E-state index in [0.29, 0.717) is 30.3 Å². The third-order valence-corrected chi connectivity index (χ3v) is 2.85. The van der Waals surface area contributed by atoms with Gasteiger partial charge in [-0.15, -0.1) is 0 Å². The Kier molecular flexibility index (Phi) is 4.59. The van der Waals surface area contributed by atoms with Gasteiger partial charge in [0.2, 0.25) is 0 Å². The summed E-state index contributed by atoms with van der Waals surface area (Å²) in [6.45, 7) is 3.78. The molecule has 1 aliphatic heterocycles. The molecule has 0 saturated carbocycles. The van der Waals surface area contributed by atoms with E-state index in [1.54, 1.807) is 18.2 Å². The van der Waals surface area contributed by atoms with Gasteiger partial charge < -0.3 is 14.2 Å². The molecule has 98 valence electrons. The van der Waals surface area contributed by atoms with Crippen LogP contribution < -0.4 is 9.47 Å². The molecule has 1 aromatic rings. The Morgan fingerprint density at radius 2 is 2.28 bits per heavy atom. The van der Waals surface area contributed by atoms with Gasteiger partial charge in [-0.25, -0.2) is 0 Å². The molecule has 0 N–H and O–H groups in total. The number of benzene rings is 1. The van der Waals surface area contributed by atoms with Gasteiger partial charge in [-0.2, -0.15) is 0 Å². The first kappa shape index (κ1) is 12.9. The lowest BCUT2D eigenvalue weighted by molar-refractivity contribution is 0.0667. The van der Waals surface area contributed by atoms with Crippen LogP contribution in [0.25, 0.3) is 0 Å². The van der Waals surface area contributed by atoms with Crippen LogP contribution in [-0.2, 0) is 4.74 Å². The molecular formula is C14H18O4. The summed E-state index contributed by atoms with van der Waals surface area (Å²) >= 11 is 0. The Hall–Kier alpha value is -1.55. The van der Waals surface area contributed by atoms with Crippen molar-refractivity contribution < 1.29 is 19.0 Å². The zero-order chi connectivity index (χ0) is 12.8. The third kappa shape index (κ3) is 3.23. The van der Waals surface area contributed by atoms with Crippen LogP contribution in [0.15, 0.2) is 18.2 Å². The van der Waals surface area contributed by atoms with E-state index in [2.05, 4.69) is 0 Å². The minimum absolute atomic E-state index is 0.172. The second-order valence-corrected chi connectivity index (χ2v) is 4.20. The normalized spacial score (nSPS) is 18.6. The molecule has 1 aliphatic rings. The molecule has 0 radical (unpaired) electrons. The van der Waals surface area contributed by atoms with Crippen molar-refractivity contribution in [1.29, 1.82) is 0 Å². The molecule has 0 aliphatic carbocycles. The van der Waals surface area contributed by atoms with Gasteiger partial charge in [-0.1, -0.05) is 0 Å². The van der Waals surface area contributed by atoms with E-state index < -0.39 is 0 Å². The number of carbonyl (C=O) groups excluding carboxylic acids is 1. The summed E-state index contributed by atoms with van der Waals surface area (Å²) < 4.78 is 16.7. The summed E-state index contributed by atoms with van der Waals surface area (Å²) in [6, 6.07) is 5.19. The maximum absolute atomic E-state index is 10.7. The van der Waals surface area contributed by atoms with E-state index in [4.69, 9.17) is 14.2 Å². The first-order chi connectivity index (χ1) is 8.83. The molecule has 4 heteroatoms. The van der Waals surface area contributed by atoms with Crippen molar-refractivity contribution in [2.45, 2.75) is 25.9 Å². The summed E-state index contributed by atoms with van der Waals surface area (Å²) in [4.78, 5) is 10.7. The Bertz CT molecular complexity index is 397. The van der Waals surface area contributed by atoms with Crippen molar-refractivity contribution in [3.8, 4) is 11.5 Å². The van der Waals surface area contributed by atoms with Crippen LogP contribution in [-0.4, -0.2) is 32.2 Å². The quantitative estimate of drug-likeness (QED) is 0.727. The molecular weight excluding hydrogens is 232 g/mol. The van der Waals surface area contributed by atoms with Crippen molar-refractivity contribution >= 4 is 6.29 Å². The lowest BCUT2D eigenvalue weighted by Gasteiger charge is -2.15. The molecule has 0 spiro atoms. The first-order valence-electron chi connectivity index (χ1n) is 6.30. The summed E-state index contributed by atoms with van der Waals surface area (Å²) in [6.07, 6.45) is 3.10. The number of carbonyl (C=O) groups is 1. The summed E-state index contributed by atoms with van der Waals surface area (Å²) in [5, 5.41) is 0. The van der Waals surface area contributed by atoms with Crippen LogP contribution in [0.1, 0.15) is 30.1 Å². The molecule has 1 heterocycles. The van der Waals surface area contributed by atoms with Crippen molar-refractivity contribution in [3.63, 3.8) is 0 Å². The highest BCUT2D eigenvalue weighted by Crippen LogP contribution is 2.28. The molecule has 1 aromatic carbocycles. The molecule has 1 atom stereocenters. The van der Waals surface area contributed by atoms with Gasteiger partial charge in [-0.3, -0.25) is 4.79 Å². The second kappa shape index (κ2) is 6.40. The number of hydrogen-bond donors (Lipinski definition) is 0. The number of aldehydes is 1. The van der Waals surface area contributed by atoms with Gasteiger partial charge in [0.1, 0.15) is 12.9 Å². The molecule has 0 bridgehead atoms. The summed E-state index contributed by atoms with van der Waals surface area (Å²) in [7, 11) is 0. The maximum atomic E-state index is 10.7. The average Bonchev–Trinajstić information content (AvgIpc) is 2.90. The molecule has 2 rings (SSSR count). The third-order valence-electron chi connectivity index (χ3n) is 2.85. The van der Waals surface area contributed by atoms with E-state index >= 15 is 0 Å². The molecule has 0 aromatic heterocycles. The average molecular weight is 250 g/mol. The standard InChI is InChI=1S/C14H18O4/c1-2-16-14-8-11(9-15)5-6-13(14)18-10-12-4-3-7-17-12/h5-6,8-9,12H,2-4,7,10H2,1H3. The van der Waals surface area contributed by atoms with Gasteiger partial charge in [0.15, 0.2) is 11.5 Å². The van der Waals surface area contributed by atoms with Crippen molar-refractivity contribution in [3.05, 3.63) is 23.8 Å². The van der Waals surface area contributed by atoms with Crippen molar-refractivity contribution in [1.82, 2.24) is 0 Å². The first-order valence-corrected chi connectivity index (χ1v) is 6.30. The Morgan fingerprint density at radius 3 is 2.94 bits per heavy atom. The van der Waals surface area contributed by atoms with Gasteiger partial charge in [0.25, 0.3) is 0 Å². The lowest BCUT2D eigenvalue weighted by Crippen LogP contribution is -2.16. The van der Waals surface area contributed by atoms with E-state index in [-0.39, 0.29) is 6.10 Å². The largest absolute Gasteiger partial charge is 0.490 e. The fraction of sp³-hybridized carbons (Fsp3) is 0.500. The maximum Gasteiger partial charge on any atom is 0.161 e. The van der Waals surface area contributed by atoms with Crippen LogP contribution >= 0.6 is 0 Å². The van der Waals surface area contributed by atoms with Gasteiger partial charge in [-0.05, 0) is 38.0 Å². The zero-order valence-electron chi connectivity index (χ0n) is 10.6. The number of rotatable bonds is 6. The predicted molar refractivity (Wildman–Crippen MR) is 67.5 cm³/mol. The van der Waals surface area contributed by atoms with Gasteiger partial charge in [0, 0.05) is 12.2 Å². The van der Waals surface area contributed by atoms with Gasteiger partial charge in [0.05, 0.1) is 12.7 Å². The molecule has 1 saturated heterocycles.